The van der Waals surface area contributed by atoms with Gasteiger partial charge < -0.3 is 5.32 Å². The Kier molecular flexibility index (Phi) is 3.33. The molecule has 3 rings (SSSR count). The fourth-order valence-corrected chi connectivity index (χ4v) is 3.39. The number of hydrogen-bond donors (Lipinski definition) is 1. The summed E-state index contributed by atoms with van der Waals surface area (Å²) < 4.78 is 0. The maximum atomic E-state index is 11.9. The Morgan fingerprint density at radius 2 is 1.83 bits per heavy atom. The van der Waals surface area contributed by atoms with Gasteiger partial charge in [-0.05, 0) is 36.8 Å². The molecule has 1 saturated carbocycles. The van der Waals surface area contributed by atoms with Gasteiger partial charge in [0.15, 0.2) is 0 Å². The van der Waals surface area contributed by atoms with E-state index in [0.29, 0.717) is 6.54 Å². The van der Waals surface area contributed by atoms with Crippen LogP contribution in [0.25, 0.3) is 0 Å². The van der Waals surface area contributed by atoms with Crippen LogP contribution in [0, 0.1) is 11.8 Å². The summed E-state index contributed by atoms with van der Waals surface area (Å²) in [5.41, 5.74) is 0.891. The van der Waals surface area contributed by atoms with Gasteiger partial charge in [-0.15, -0.1) is 0 Å². The first-order chi connectivity index (χ1) is 8.81. The fourth-order valence-electron chi connectivity index (χ4n) is 3.39. The number of carbonyl (C=O) groups is 1. The molecular formula is C15H20N2O. The summed E-state index contributed by atoms with van der Waals surface area (Å²) >= 11 is 0. The first kappa shape index (κ1) is 11.7. The molecule has 0 radical (unpaired) electrons. The largest absolute Gasteiger partial charge is 0.325 e. The normalized spacial score (nSPS) is 27.1. The van der Waals surface area contributed by atoms with Crippen LogP contribution in [0.4, 0.5) is 5.69 Å². The molecule has 1 amide bonds. The van der Waals surface area contributed by atoms with Crippen LogP contribution in [0.1, 0.15) is 19.3 Å². The van der Waals surface area contributed by atoms with Crippen molar-refractivity contribution in [2.45, 2.75) is 19.3 Å². The number of rotatable bonds is 3. The van der Waals surface area contributed by atoms with Crippen molar-refractivity contribution in [2.24, 2.45) is 11.8 Å². The Balaban J connectivity index is 1.50. The molecule has 1 aliphatic carbocycles. The molecule has 1 aromatic carbocycles. The zero-order chi connectivity index (χ0) is 12.4. The van der Waals surface area contributed by atoms with E-state index in [1.165, 1.54) is 19.3 Å². The van der Waals surface area contributed by atoms with E-state index in [1.54, 1.807) is 0 Å². The minimum Gasteiger partial charge on any atom is -0.325 e. The number of carbonyl (C=O) groups excluding carboxylic acids is 1. The molecule has 1 heterocycles. The maximum Gasteiger partial charge on any atom is 0.238 e. The maximum absolute atomic E-state index is 11.9. The molecule has 3 heteroatoms. The lowest BCUT2D eigenvalue weighted by Gasteiger charge is -2.16. The summed E-state index contributed by atoms with van der Waals surface area (Å²) in [7, 11) is 0. The Hall–Kier alpha value is -1.35. The summed E-state index contributed by atoms with van der Waals surface area (Å²) in [5.74, 6) is 1.82. The summed E-state index contributed by atoms with van der Waals surface area (Å²) in [4.78, 5) is 14.2. The van der Waals surface area contributed by atoms with E-state index in [4.69, 9.17) is 0 Å². The number of para-hydroxylation sites is 1. The van der Waals surface area contributed by atoms with Crippen LogP contribution in [0.15, 0.2) is 30.3 Å². The molecule has 18 heavy (non-hydrogen) atoms. The Labute approximate surface area is 108 Å². The number of amides is 1. The van der Waals surface area contributed by atoms with Crippen LogP contribution in [0.2, 0.25) is 0 Å². The molecule has 0 spiro atoms. The van der Waals surface area contributed by atoms with Gasteiger partial charge in [-0.2, -0.15) is 0 Å². The van der Waals surface area contributed by atoms with Gasteiger partial charge >= 0.3 is 0 Å². The van der Waals surface area contributed by atoms with Crippen molar-refractivity contribution < 1.29 is 4.79 Å². The van der Waals surface area contributed by atoms with Crippen LogP contribution >= 0.6 is 0 Å². The van der Waals surface area contributed by atoms with Crippen molar-refractivity contribution in [1.82, 2.24) is 4.90 Å². The Morgan fingerprint density at radius 3 is 2.50 bits per heavy atom. The monoisotopic (exact) mass is 244 g/mol. The quantitative estimate of drug-likeness (QED) is 0.885. The molecule has 1 aromatic rings. The standard InChI is InChI=1S/C15H20N2O/c18-15(16-14-7-2-1-3-8-14)11-17-9-12-5-4-6-13(12)10-17/h1-3,7-8,12-13H,4-6,9-11H2,(H,16,18). The van der Waals surface area contributed by atoms with Gasteiger partial charge in [0.05, 0.1) is 6.54 Å². The number of hydrogen-bond acceptors (Lipinski definition) is 2. The lowest BCUT2D eigenvalue weighted by atomic mass is 10.0. The number of likely N-dealkylation sites (tertiary alicyclic amines) is 1. The second-order valence-corrected chi connectivity index (χ2v) is 5.56. The topological polar surface area (TPSA) is 32.3 Å². The van der Waals surface area contributed by atoms with Crippen molar-refractivity contribution in [3.63, 3.8) is 0 Å². The molecule has 2 unspecified atom stereocenters. The molecule has 1 saturated heterocycles. The predicted octanol–water partition coefficient (Wildman–Crippen LogP) is 2.36. The first-order valence-electron chi connectivity index (χ1n) is 6.88. The second-order valence-electron chi connectivity index (χ2n) is 5.56. The molecular weight excluding hydrogens is 224 g/mol. The third-order valence-corrected chi connectivity index (χ3v) is 4.23. The molecule has 96 valence electrons. The summed E-state index contributed by atoms with van der Waals surface area (Å²) in [6, 6.07) is 9.69. The molecule has 0 aromatic heterocycles. The number of nitrogens with one attached hydrogen (secondary N) is 1. The van der Waals surface area contributed by atoms with E-state index in [9.17, 15) is 4.79 Å². The van der Waals surface area contributed by atoms with Crippen LogP contribution in [-0.4, -0.2) is 30.4 Å². The van der Waals surface area contributed by atoms with Crippen LogP contribution in [-0.2, 0) is 4.79 Å². The van der Waals surface area contributed by atoms with Crippen molar-refractivity contribution in [3.8, 4) is 0 Å². The fraction of sp³-hybridized carbons (Fsp3) is 0.533. The Bertz CT molecular complexity index is 406. The molecule has 2 aliphatic rings. The van der Waals surface area contributed by atoms with E-state index >= 15 is 0 Å². The highest BCUT2D eigenvalue weighted by Gasteiger charge is 2.36. The number of nitrogens with zero attached hydrogens (tertiary/aromatic N) is 1. The molecule has 2 fully saturated rings. The minimum absolute atomic E-state index is 0.112. The van der Waals surface area contributed by atoms with Gasteiger partial charge in [0.2, 0.25) is 5.91 Å². The lowest BCUT2D eigenvalue weighted by Crippen LogP contribution is -2.32. The summed E-state index contributed by atoms with van der Waals surface area (Å²) in [6.07, 6.45) is 4.11. The molecule has 2 atom stereocenters. The number of anilines is 1. The molecule has 1 N–H and O–H groups in total. The molecule has 0 bridgehead atoms. The number of fused-ring (bicyclic) bond motifs is 1. The second kappa shape index (κ2) is 5.11. The highest BCUT2D eigenvalue weighted by atomic mass is 16.2. The van der Waals surface area contributed by atoms with Crippen LogP contribution < -0.4 is 5.32 Å². The van der Waals surface area contributed by atoms with Gasteiger partial charge in [-0.3, -0.25) is 9.69 Å². The number of benzene rings is 1. The van der Waals surface area contributed by atoms with E-state index in [-0.39, 0.29) is 5.91 Å². The first-order valence-corrected chi connectivity index (χ1v) is 6.88. The highest BCUT2D eigenvalue weighted by molar-refractivity contribution is 5.92. The zero-order valence-electron chi connectivity index (χ0n) is 10.6. The average Bonchev–Trinajstić information content (AvgIpc) is 2.90. The Morgan fingerprint density at radius 1 is 1.17 bits per heavy atom. The third-order valence-electron chi connectivity index (χ3n) is 4.23. The smallest absolute Gasteiger partial charge is 0.238 e. The summed E-state index contributed by atoms with van der Waals surface area (Å²) in [5, 5.41) is 2.95. The van der Waals surface area contributed by atoms with Crippen molar-refractivity contribution in [2.75, 3.05) is 25.0 Å². The van der Waals surface area contributed by atoms with E-state index in [0.717, 1.165) is 30.6 Å². The van der Waals surface area contributed by atoms with Crippen molar-refractivity contribution in [3.05, 3.63) is 30.3 Å². The van der Waals surface area contributed by atoms with Crippen LogP contribution in [0.3, 0.4) is 0 Å². The van der Waals surface area contributed by atoms with Crippen molar-refractivity contribution in [1.29, 1.82) is 0 Å². The van der Waals surface area contributed by atoms with Gasteiger partial charge in [-0.1, -0.05) is 24.6 Å². The lowest BCUT2D eigenvalue weighted by molar-refractivity contribution is -0.117. The van der Waals surface area contributed by atoms with Gasteiger partial charge in [-0.25, -0.2) is 0 Å². The van der Waals surface area contributed by atoms with Gasteiger partial charge in [0.1, 0.15) is 0 Å². The average molecular weight is 244 g/mol. The minimum atomic E-state index is 0.112. The van der Waals surface area contributed by atoms with E-state index < -0.39 is 0 Å². The molecule has 3 nitrogen and oxygen atoms in total. The summed E-state index contributed by atoms with van der Waals surface area (Å²) in [6.45, 7) is 2.78. The van der Waals surface area contributed by atoms with E-state index in [2.05, 4.69) is 10.2 Å². The predicted molar refractivity (Wildman–Crippen MR) is 72.3 cm³/mol. The zero-order valence-corrected chi connectivity index (χ0v) is 10.6. The van der Waals surface area contributed by atoms with E-state index in [1.807, 2.05) is 30.3 Å². The van der Waals surface area contributed by atoms with Crippen molar-refractivity contribution >= 4 is 11.6 Å². The third kappa shape index (κ3) is 2.56. The van der Waals surface area contributed by atoms with Crippen LogP contribution in [0.5, 0.6) is 0 Å². The molecule has 1 aliphatic heterocycles. The van der Waals surface area contributed by atoms with Gasteiger partial charge in [0.25, 0.3) is 0 Å². The SMILES string of the molecule is O=C(CN1CC2CCCC2C1)Nc1ccccc1. The van der Waals surface area contributed by atoms with Gasteiger partial charge in [0, 0.05) is 18.8 Å². The highest BCUT2D eigenvalue weighted by Crippen LogP contribution is 2.37.